The first-order chi connectivity index (χ1) is 18.5. The van der Waals surface area contributed by atoms with Gasteiger partial charge in [-0.05, 0) is 103 Å². The molecule has 0 heterocycles. The third-order valence-electron chi connectivity index (χ3n) is 8.68. The van der Waals surface area contributed by atoms with E-state index in [0.717, 1.165) is 55.6 Å². The Labute approximate surface area is 223 Å². The zero-order valence-electron chi connectivity index (χ0n) is 21.6. The molecular formula is C32H29F7. The molecule has 2 saturated carbocycles. The molecule has 5 rings (SSSR count). The highest BCUT2D eigenvalue weighted by molar-refractivity contribution is 5.89. The predicted molar refractivity (Wildman–Crippen MR) is 138 cm³/mol. The Hall–Kier alpha value is -3.01. The van der Waals surface area contributed by atoms with Crippen LogP contribution in [-0.2, 0) is 0 Å². The average molecular weight is 547 g/mol. The smallest absolute Gasteiger partial charge is 0.206 e. The van der Waals surface area contributed by atoms with E-state index in [1.807, 2.05) is 0 Å². The van der Waals surface area contributed by atoms with Gasteiger partial charge in [-0.1, -0.05) is 37.8 Å². The topological polar surface area (TPSA) is 0 Å². The summed E-state index contributed by atoms with van der Waals surface area (Å²) in [5, 5.41) is -0.244. The molecule has 0 bridgehead atoms. The van der Waals surface area contributed by atoms with Crippen molar-refractivity contribution in [3.8, 4) is 23.0 Å². The van der Waals surface area contributed by atoms with E-state index in [0.29, 0.717) is 11.5 Å². The summed E-state index contributed by atoms with van der Waals surface area (Å²) in [7, 11) is 0. The lowest BCUT2D eigenvalue weighted by atomic mass is 9.68. The number of alkyl halides is 3. The van der Waals surface area contributed by atoms with Gasteiger partial charge in [-0.15, -0.1) is 0 Å². The van der Waals surface area contributed by atoms with Crippen LogP contribution in [0.1, 0.15) is 75.3 Å². The summed E-state index contributed by atoms with van der Waals surface area (Å²) in [4.78, 5) is 0. The maximum atomic E-state index is 15.3. The van der Waals surface area contributed by atoms with Crippen molar-refractivity contribution in [2.24, 2.45) is 17.8 Å². The van der Waals surface area contributed by atoms with Gasteiger partial charge >= 0.3 is 6.18 Å². The Bertz CT molecular complexity index is 1400. The lowest BCUT2D eigenvalue weighted by Crippen LogP contribution is -2.24. The standard InChI is InChI=1S/C32H29F7/c1-18-2-4-19(5-3-18)20-6-8-21(9-7-20)23-15-28(34)30(29(35)16-23)22-10-11-25-24(14-22)17-27(33)26(31(25)36)12-13-32(37,38)39/h10-11,14-21H,2-9H2,1H3. The van der Waals surface area contributed by atoms with E-state index in [1.54, 1.807) is 0 Å². The lowest BCUT2D eigenvalue weighted by Gasteiger charge is -2.37. The van der Waals surface area contributed by atoms with E-state index in [1.165, 1.54) is 55.9 Å². The molecule has 206 valence electrons. The van der Waals surface area contributed by atoms with Gasteiger partial charge in [0, 0.05) is 11.3 Å². The second kappa shape index (κ2) is 10.9. The molecule has 0 amide bonds. The van der Waals surface area contributed by atoms with Crippen LogP contribution in [0.4, 0.5) is 30.7 Å². The van der Waals surface area contributed by atoms with Gasteiger partial charge in [0.25, 0.3) is 0 Å². The van der Waals surface area contributed by atoms with Crippen LogP contribution in [0.25, 0.3) is 21.9 Å². The summed E-state index contributed by atoms with van der Waals surface area (Å²) in [6.07, 6.45) is 4.11. The van der Waals surface area contributed by atoms with Crippen LogP contribution in [0, 0.1) is 52.9 Å². The van der Waals surface area contributed by atoms with Crippen molar-refractivity contribution in [2.45, 2.75) is 70.4 Å². The van der Waals surface area contributed by atoms with Gasteiger partial charge in [-0.2, -0.15) is 13.2 Å². The van der Waals surface area contributed by atoms with E-state index in [-0.39, 0.29) is 27.8 Å². The van der Waals surface area contributed by atoms with Gasteiger partial charge in [0.15, 0.2) is 0 Å². The maximum Gasteiger partial charge on any atom is 0.458 e. The highest BCUT2D eigenvalue weighted by Gasteiger charge is 2.31. The molecule has 0 unspecified atom stereocenters. The fraction of sp³-hybridized carbons (Fsp3) is 0.438. The summed E-state index contributed by atoms with van der Waals surface area (Å²) in [5.41, 5.74) is -0.628. The molecule has 7 heteroatoms. The molecular weight excluding hydrogens is 517 g/mol. The van der Waals surface area contributed by atoms with Crippen LogP contribution < -0.4 is 0 Å². The van der Waals surface area contributed by atoms with Crippen molar-refractivity contribution >= 4 is 10.8 Å². The third kappa shape index (κ3) is 5.95. The molecule has 3 aromatic carbocycles. The molecule has 2 aliphatic carbocycles. The van der Waals surface area contributed by atoms with E-state index < -0.39 is 35.0 Å². The molecule has 0 saturated heterocycles. The molecule has 0 radical (unpaired) electrons. The normalized spacial score (nSPS) is 23.9. The van der Waals surface area contributed by atoms with Crippen molar-refractivity contribution in [2.75, 3.05) is 0 Å². The highest BCUT2D eigenvalue weighted by atomic mass is 19.4. The van der Waals surface area contributed by atoms with Crippen LogP contribution >= 0.6 is 0 Å². The summed E-state index contributed by atoms with van der Waals surface area (Å²) in [6, 6.07) is 7.18. The van der Waals surface area contributed by atoms with Gasteiger partial charge in [0.05, 0.1) is 11.1 Å². The summed E-state index contributed by atoms with van der Waals surface area (Å²) in [6.45, 7) is 2.31. The first-order valence-electron chi connectivity index (χ1n) is 13.5. The first kappa shape index (κ1) is 27.6. The molecule has 0 aromatic heterocycles. The number of hydrogen-bond donors (Lipinski definition) is 0. The van der Waals surface area contributed by atoms with E-state index in [2.05, 4.69) is 6.92 Å². The fourth-order valence-corrected chi connectivity index (χ4v) is 6.52. The zero-order valence-corrected chi connectivity index (χ0v) is 21.6. The maximum absolute atomic E-state index is 15.3. The van der Waals surface area contributed by atoms with Gasteiger partial charge in [-0.3, -0.25) is 0 Å². The number of halogens is 7. The molecule has 3 aromatic rings. The van der Waals surface area contributed by atoms with Crippen LogP contribution in [0.5, 0.6) is 0 Å². The Kier molecular flexibility index (Phi) is 7.68. The van der Waals surface area contributed by atoms with Crippen LogP contribution in [-0.4, -0.2) is 6.18 Å². The molecule has 0 aliphatic heterocycles. The summed E-state index contributed by atoms with van der Waals surface area (Å²) >= 11 is 0. The second-order valence-electron chi connectivity index (χ2n) is 11.2. The van der Waals surface area contributed by atoms with Crippen LogP contribution in [0.15, 0.2) is 36.4 Å². The SMILES string of the molecule is CC1CCC(C2CCC(c3cc(F)c(-c4ccc5c(F)c(C#CC(F)(F)F)c(F)cc5c4)c(F)c3)CC2)CC1. The second-order valence-corrected chi connectivity index (χ2v) is 11.2. The quantitative estimate of drug-likeness (QED) is 0.227. The van der Waals surface area contributed by atoms with Crippen LogP contribution in [0.3, 0.4) is 0 Å². The lowest BCUT2D eigenvalue weighted by molar-refractivity contribution is -0.0696. The molecule has 39 heavy (non-hydrogen) atoms. The minimum absolute atomic E-state index is 0.0432. The Balaban J connectivity index is 1.37. The van der Waals surface area contributed by atoms with Gasteiger partial charge in [0.2, 0.25) is 0 Å². The largest absolute Gasteiger partial charge is 0.458 e. The monoisotopic (exact) mass is 546 g/mol. The Morgan fingerprint density at radius 1 is 0.718 bits per heavy atom. The third-order valence-corrected chi connectivity index (χ3v) is 8.68. The van der Waals surface area contributed by atoms with Gasteiger partial charge < -0.3 is 0 Å². The van der Waals surface area contributed by atoms with Crippen molar-refractivity contribution < 1.29 is 30.7 Å². The van der Waals surface area contributed by atoms with Crippen molar-refractivity contribution in [3.05, 3.63) is 70.8 Å². The number of hydrogen-bond acceptors (Lipinski definition) is 0. The Morgan fingerprint density at radius 3 is 1.90 bits per heavy atom. The van der Waals surface area contributed by atoms with Crippen molar-refractivity contribution in [1.29, 1.82) is 0 Å². The van der Waals surface area contributed by atoms with Gasteiger partial charge in [0.1, 0.15) is 23.3 Å². The number of rotatable bonds is 3. The van der Waals surface area contributed by atoms with Crippen molar-refractivity contribution in [3.63, 3.8) is 0 Å². The average Bonchev–Trinajstić information content (AvgIpc) is 2.88. The predicted octanol–water partition coefficient (Wildman–Crippen LogP) is 10.1. The number of benzene rings is 3. The molecule has 0 spiro atoms. The molecule has 2 fully saturated rings. The molecule has 0 nitrogen and oxygen atoms in total. The number of fused-ring (bicyclic) bond motifs is 1. The fourth-order valence-electron chi connectivity index (χ4n) is 6.52. The minimum atomic E-state index is -4.91. The Morgan fingerprint density at radius 2 is 1.31 bits per heavy atom. The van der Waals surface area contributed by atoms with E-state index in [4.69, 9.17) is 0 Å². The van der Waals surface area contributed by atoms with E-state index in [9.17, 15) is 22.0 Å². The van der Waals surface area contributed by atoms with Gasteiger partial charge in [-0.25, -0.2) is 17.6 Å². The van der Waals surface area contributed by atoms with E-state index >= 15 is 8.78 Å². The summed E-state index contributed by atoms with van der Waals surface area (Å²) in [5.74, 6) is 0.602. The molecule has 0 N–H and O–H groups in total. The summed E-state index contributed by atoms with van der Waals surface area (Å²) < 4.78 is 96.9. The highest BCUT2D eigenvalue weighted by Crippen LogP contribution is 2.44. The van der Waals surface area contributed by atoms with Crippen molar-refractivity contribution in [1.82, 2.24) is 0 Å². The zero-order chi connectivity index (χ0) is 27.9. The van der Waals surface area contributed by atoms with Crippen LogP contribution in [0.2, 0.25) is 0 Å². The molecule has 2 aliphatic rings. The molecule has 0 atom stereocenters. The minimum Gasteiger partial charge on any atom is -0.206 e. The first-order valence-corrected chi connectivity index (χ1v) is 13.5.